The molecule has 0 unspecified atom stereocenters. The van der Waals surface area contributed by atoms with Crippen molar-refractivity contribution in [3.8, 4) is 0 Å². The van der Waals surface area contributed by atoms with Gasteiger partial charge in [-0.25, -0.2) is 4.79 Å². The molecule has 1 aromatic rings. The number of unbranched alkanes of at least 4 members (excludes halogenated alkanes) is 1. The Morgan fingerprint density at radius 2 is 2.12 bits per heavy atom. The fraction of sp³-hybridized carbons (Fsp3) is 0.462. The lowest BCUT2D eigenvalue weighted by atomic mass is 10.1. The first kappa shape index (κ1) is 11.0. The zero-order chi connectivity index (χ0) is 11.4. The number of ether oxygens (including phenoxy) is 1. The summed E-state index contributed by atoms with van der Waals surface area (Å²) in [7, 11) is 0. The van der Waals surface area contributed by atoms with Crippen LogP contribution in [-0.2, 0) is 4.74 Å². The average Bonchev–Trinajstić information content (AvgIpc) is 2.69. The first-order valence-corrected chi connectivity index (χ1v) is 5.81. The summed E-state index contributed by atoms with van der Waals surface area (Å²) >= 11 is 0. The number of benzene rings is 1. The molecule has 1 aliphatic rings. The van der Waals surface area contributed by atoms with Crippen LogP contribution in [0.1, 0.15) is 31.4 Å². The molecule has 0 radical (unpaired) electrons. The first-order chi connectivity index (χ1) is 7.81. The van der Waals surface area contributed by atoms with Crippen molar-refractivity contribution < 1.29 is 9.53 Å². The van der Waals surface area contributed by atoms with E-state index < -0.39 is 0 Å². The summed E-state index contributed by atoms with van der Waals surface area (Å²) < 4.78 is 5.34. The van der Waals surface area contributed by atoms with Crippen LogP contribution in [0.3, 0.4) is 0 Å². The molecule has 0 aliphatic carbocycles. The van der Waals surface area contributed by atoms with Crippen molar-refractivity contribution in [3.05, 3.63) is 35.9 Å². The molecule has 0 aromatic heterocycles. The molecule has 3 heteroatoms. The zero-order valence-corrected chi connectivity index (χ0v) is 9.56. The summed E-state index contributed by atoms with van der Waals surface area (Å²) in [5.74, 6) is 0. The zero-order valence-electron chi connectivity index (χ0n) is 9.56. The quantitative estimate of drug-likeness (QED) is 0.779. The summed E-state index contributed by atoms with van der Waals surface area (Å²) in [5, 5.41) is 0. The Morgan fingerprint density at radius 3 is 2.81 bits per heavy atom. The minimum atomic E-state index is -0.178. The lowest BCUT2D eigenvalue weighted by Crippen LogP contribution is -2.25. The maximum atomic E-state index is 11.6. The van der Waals surface area contributed by atoms with Gasteiger partial charge in [0.05, 0.1) is 6.54 Å². The van der Waals surface area contributed by atoms with Crippen molar-refractivity contribution in [2.45, 2.75) is 25.9 Å². The maximum Gasteiger partial charge on any atom is 0.410 e. The second kappa shape index (κ2) is 5.01. The highest BCUT2D eigenvalue weighted by Gasteiger charge is 2.31. The van der Waals surface area contributed by atoms with Crippen LogP contribution in [0.4, 0.5) is 4.79 Å². The fourth-order valence-electron chi connectivity index (χ4n) is 1.88. The van der Waals surface area contributed by atoms with Crippen LogP contribution in [0.25, 0.3) is 0 Å². The molecule has 3 nitrogen and oxygen atoms in total. The van der Waals surface area contributed by atoms with Gasteiger partial charge in [-0.3, -0.25) is 0 Å². The third kappa shape index (κ3) is 2.35. The SMILES string of the molecule is CCCCN1C[C@H](c2ccccc2)OC1=O. The Kier molecular flexibility index (Phi) is 3.44. The van der Waals surface area contributed by atoms with Crippen LogP contribution in [0.2, 0.25) is 0 Å². The minimum absolute atomic E-state index is 0.0921. The van der Waals surface area contributed by atoms with E-state index in [9.17, 15) is 4.79 Å². The fourth-order valence-corrected chi connectivity index (χ4v) is 1.88. The summed E-state index contributed by atoms with van der Waals surface area (Å²) in [6, 6.07) is 9.91. The smallest absolute Gasteiger partial charge is 0.410 e. The van der Waals surface area contributed by atoms with Gasteiger partial charge in [-0.1, -0.05) is 43.7 Å². The van der Waals surface area contributed by atoms with E-state index in [0.717, 1.165) is 24.9 Å². The van der Waals surface area contributed by atoms with E-state index in [1.807, 2.05) is 30.3 Å². The van der Waals surface area contributed by atoms with Crippen LogP contribution in [0.15, 0.2) is 30.3 Å². The van der Waals surface area contributed by atoms with Gasteiger partial charge in [0.25, 0.3) is 0 Å². The van der Waals surface area contributed by atoms with E-state index in [2.05, 4.69) is 6.92 Å². The van der Waals surface area contributed by atoms with Gasteiger partial charge in [0.1, 0.15) is 6.10 Å². The Balaban J connectivity index is 1.98. The summed E-state index contributed by atoms with van der Waals surface area (Å²) in [6.07, 6.45) is 1.86. The van der Waals surface area contributed by atoms with Crippen LogP contribution in [0, 0.1) is 0 Å². The van der Waals surface area contributed by atoms with Gasteiger partial charge >= 0.3 is 6.09 Å². The van der Waals surface area contributed by atoms with Gasteiger partial charge < -0.3 is 9.64 Å². The van der Waals surface area contributed by atoms with E-state index in [1.165, 1.54) is 0 Å². The monoisotopic (exact) mass is 219 g/mol. The Bertz CT molecular complexity index is 350. The molecule has 0 bridgehead atoms. The number of cyclic esters (lactones) is 1. The van der Waals surface area contributed by atoms with Gasteiger partial charge in [-0.05, 0) is 12.0 Å². The highest BCUT2D eigenvalue weighted by Crippen LogP contribution is 2.25. The van der Waals surface area contributed by atoms with Crippen LogP contribution in [0.5, 0.6) is 0 Å². The minimum Gasteiger partial charge on any atom is -0.439 e. The Morgan fingerprint density at radius 1 is 1.38 bits per heavy atom. The topological polar surface area (TPSA) is 29.5 Å². The van der Waals surface area contributed by atoms with E-state index >= 15 is 0 Å². The molecule has 1 heterocycles. The lowest BCUT2D eigenvalue weighted by Gasteiger charge is -2.11. The molecule has 2 rings (SSSR count). The van der Waals surface area contributed by atoms with Gasteiger partial charge in [-0.2, -0.15) is 0 Å². The molecule has 0 saturated carbocycles. The Hall–Kier alpha value is -1.51. The highest BCUT2D eigenvalue weighted by atomic mass is 16.6. The van der Waals surface area contributed by atoms with Crippen LogP contribution >= 0.6 is 0 Å². The maximum absolute atomic E-state index is 11.6. The summed E-state index contributed by atoms with van der Waals surface area (Å²) in [5.41, 5.74) is 1.08. The molecular weight excluding hydrogens is 202 g/mol. The van der Waals surface area contributed by atoms with Crippen molar-refractivity contribution in [3.63, 3.8) is 0 Å². The van der Waals surface area contributed by atoms with Gasteiger partial charge in [0.15, 0.2) is 0 Å². The molecule has 1 fully saturated rings. The van der Waals surface area contributed by atoms with Crippen molar-refractivity contribution in [1.29, 1.82) is 0 Å². The lowest BCUT2D eigenvalue weighted by molar-refractivity contribution is 0.132. The predicted molar refractivity (Wildman–Crippen MR) is 62.1 cm³/mol. The second-order valence-electron chi connectivity index (χ2n) is 4.08. The second-order valence-corrected chi connectivity index (χ2v) is 4.08. The van der Waals surface area contributed by atoms with E-state index in [4.69, 9.17) is 4.74 Å². The van der Waals surface area contributed by atoms with E-state index in [-0.39, 0.29) is 12.2 Å². The molecule has 0 spiro atoms. The van der Waals surface area contributed by atoms with Crippen molar-refractivity contribution in [2.24, 2.45) is 0 Å². The van der Waals surface area contributed by atoms with Crippen LogP contribution in [-0.4, -0.2) is 24.1 Å². The first-order valence-electron chi connectivity index (χ1n) is 5.81. The number of rotatable bonds is 4. The standard InChI is InChI=1S/C13H17NO2/c1-2-3-9-14-10-12(16-13(14)15)11-7-5-4-6-8-11/h4-8,12H,2-3,9-10H2,1H3/t12-/m1/s1. The third-order valence-corrected chi connectivity index (χ3v) is 2.84. The predicted octanol–water partition coefficient (Wildman–Crippen LogP) is 2.98. The van der Waals surface area contributed by atoms with Gasteiger partial charge in [-0.15, -0.1) is 0 Å². The molecule has 1 amide bonds. The summed E-state index contributed by atoms with van der Waals surface area (Å²) in [4.78, 5) is 13.4. The van der Waals surface area contributed by atoms with E-state index in [0.29, 0.717) is 6.54 Å². The third-order valence-electron chi connectivity index (χ3n) is 2.84. The molecular formula is C13H17NO2. The highest BCUT2D eigenvalue weighted by molar-refractivity contribution is 5.70. The largest absolute Gasteiger partial charge is 0.439 e. The Labute approximate surface area is 96.0 Å². The molecule has 1 atom stereocenters. The van der Waals surface area contributed by atoms with Crippen molar-refractivity contribution in [1.82, 2.24) is 4.90 Å². The van der Waals surface area contributed by atoms with Crippen molar-refractivity contribution in [2.75, 3.05) is 13.1 Å². The van der Waals surface area contributed by atoms with Crippen LogP contribution < -0.4 is 0 Å². The number of carbonyl (C=O) groups is 1. The number of amides is 1. The van der Waals surface area contributed by atoms with Gasteiger partial charge in [0.2, 0.25) is 0 Å². The molecule has 1 saturated heterocycles. The van der Waals surface area contributed by atoms with E-state index in [1.54, 1.807) is 4.90 Å². The molecule has 86 valence electrons. The molecule has 16 heavy (non-hydrogen) atoms. The van der Waals surface area contributed by atoms with Gasteiger partial charge in [0, 0.05) is 6.54 Å². The summed E-state index contributed by atoms with van der Waals surface area (Å²) in [6.45, 7) is 3.61. The normalized spacial score (nSPS) is 19.9. The molecule has 1 aromatic carbocycles. The average molecular weight is 219 g/mol. The van der Waals surface area contributed by atoms with Crippen molar-refractivity contribution >= 4 is 6.09 Å². The molecule has 0 N–H and O–H groups in total. The number of nitrogens with zero attached hydrogens (tertiary/aromatic N) is 1. The molecule has 1 aliphatic heterocycles. The number of carbonyl (C=O) groups excluding carboxylic acids is 1. The number of hydrogen-bond donors (Lipinski definition) is 0. The number of hydrogen-bond acceptors (Lipinski definition) is 2.